The van der Waals surface area contributed by atoms with Gasteiger partial charge < -0.3 is 10.1 Å². The minimum Gasteiger partial charge on any atom is -0.366 e. The number of nitrogens with one attached hydrogen (secondary N) is 1. The van der Waals surface area contributed by atoms with Gasteiger partial charge in [-0.1, -0.05) is 0 Å². The predicted octanol–water partition coefficient (Wildman–Crippen LogP) is -0.728. The van der Waals surface area contributed by atoms with E-state index in [2.05, 4.69) is 5.32 Å². The number of carbonyl (C=O) groups is 1. The third kappa shape index (κ3) is 0.339. The summed E-state index contributed by atoms with van der Waals surface area (Å²) in [5.74, 6) is 0.416. The maximum atomic E-state index is 10.9. The number of epoxide rings is 1. The van der Waals surface area contributed by atoms with Crippen molar-refractivity contribution < 1.29 is 9.53 Å². The van der Waals surface area contributed by atoms with Crippen LogP contribution in [-0.4, -0.2) is 24.2 Å². The number of carbonyl (C=O) groups excluding carboxylic acids is 1. The summed E-state index contributed by atoms with van der Waals surface area (Å²) in [7, 11) is 0. The second-order valence-corrected chi connectivity index (χ2v) is 3.02. The summed E-state index contributed by atoms with van der Waals surface area (Å²) < 4.78 is 5.23. The van der Waals surface area contributed by atoms with Gasteiger partial charge in [0.15, 0.2) is 0 Å². The van der Waals surface area contributed by atoms with E-state index in [-0.39, 0.29) is 11.8 Å². The zero-order valence-electron chi connectivity index (χ0n) is 4.83. The summed E-state index contributed by atoms with van der Waals surface area (Å²) >= 11 is 0. The summed E-state index contributed by atoms with van der Waals surface area (Å²) in [5, 5.41) is 2.88. The lowest BCUT2D eigenvalue weighted by Crippen LogP contribution is -2.35. The molecule has 0 radical (unpaired) electrons. The molecule has 9 heavy (non-hydrogen) atoms. The monoisotopic (exact) mass is 125 g/mol. The van der Waals surface area contributed by atoms with E-state index in [1.807, 2.05) is 0 Å². The Hall–Kier alpha value is -0.570. The lowest BCUT2D eigenvalue weighted by Gasteiger charge is -2.04. The summed E-state index contributed by atoms with van der Waals surface area (Å²) in [6, 6.07) is 0.368. The van der Waals surface area contributed by atoms with E-state index in [0.717, 1.165) is 6.42 Å². The summed E-state index contributed by atoms with van der Waals surface area (Å²) in [6.45, 7) is 0. The molecule has 0 aromatic carbocycles. The molecule has 0 spiro atoms. The van der Waals surface area contributed by atoms with Crippen LogP contribution in [0.2, 0.25) is 0 Å². The van der Waals surface area contributed by atoms with Crippen LogP contribution < -0.4 is 5.32 Å². The molecule has 0 aromatic heterocycles. The Labute approximate surface area is 52.4 Å². The van der Waals surface area contributed by atoms with Crippen molar-refractivity contribution in [2.24, 2.45) is 5.92 Å². The number of hydrogen-bond donors (Lipinski definition) is 1. The smallest absolute Gasteiger partial charge is 0.226 e. The van der Waals surface area contributed by atoms with Crippen LogP contribution in [0.4, 0.5) is 0 Å². The number of ether oxygens (including phenoxy) is 1. The number of amides is 1. The average Bonchev–Trinajstić information content (AvgIpc) is 2.46. The average molecular weight is 125 g/mol. The SMILES string of the molecule is O=C1N[C@H]2C[C@@H]1[C@@H]1O[C@@H]12. The molecule has 3 heteroatoms. The first-order chi connectivity index (χ1) is 4.36. The Morgan fingerprint density at radius 1 is 1.56 bits per heavy atom. The molecule has 48 valence electrons. The Balaban J connectivity index is 2.04. The van der Waals surface area contributed by atoms with Crippen molar-refractivity contribution >= 4 is 5.91 Å². The van der Waals surface area contributed by atoms with Crippen LogP contribution in [0.25, 0.3) is 0 Å². The topological polar surface area (TPSA) is 41.6 Å². The van der Waals surface area contributed by atoms with Crippen LogP contribution in [0.15, 0.2) is 0 Å². The van der Waals surface area contributed by atoms with E-state index in [1.54, 1.807) is 0 Å². The van der Waals surface area contributed by atoms with Crippen molar-refractivity contribution in [2.45, 2.75) is 24.7 Å². The minimum atomic E-state index is 0.207. The number of rotatable bonds is 0. The fourth-order valence-electron chi connectivity index (χ4n) is 2.01. The molecule has 0 aromatic rings. The maximum absolute atomic E-state index is 10.9. The van der Waals surface area contributed by atoms with Gasteiger partial charge in [-0.2, -0.15) is 0 Å². The lowest BCUT2D eigenvalue weighted by molar-refractivity contribution is -0.123. The van der Waals surface area contributed by atoms with Crippen LogP contribution in [0.3, 0.4) is 0 Å². The van der Waals surface area contributed by atoms with Gasteiger partial charge in [0.05, 0.1) is 18.1 Å². The van der Waals surface area contributed by atoms with Crippen LogP contribution in [-0.2, 0) is 9.53 Å². The highest BCUT2D eigenvalue weighted by molar-refractivity contribution is 5.84. The number of piperidine rings is 1. The van der Waals surface area contributed by atoms with Gasteiger partial charge in [0.25, 0.3) is 0 Å². The molecule has 1 saturated carbocycles. The van der Waals surface area contributed by atoms with E-state index in [1.165, 1.54) is 0 Å². The summed E-state index contributed by atoms with van der Waals surface area (Å²) in [4.78, 5) is 10.9. The van der Waals surface area contributed by atoms with E-state index in [0.29, 0.717) is 18.2 Å². The maximum Gasteiger partial charge on any atom is 0.226 e. The Morgan fingerprint density at radius 3 is 3.00 bits per heavy atom. The summed E-state index contributed by atoms with van der Waals surface area (Å²) in [6.07, 6.45) is 1.73. The molecule has 3 nitrogen and oxygen atoms in total. The van der Waals surface area contributed by atoms with Gasteiger partial charge in [0.1, 0.15) is 6.10 Å². The first-order valence-corrected chi connectivity index (χ1v) is 3.32. The molecule has 2 aliphatic heterocycles. The van der Waals surface area contributed by atoms with E-state index < -0.39 is 0 Å². The largest absolute Gasteiger partial charge is 0.366 e. The Kier molecular flexibility index (Phi) is 0.481. The van der Waals surface area contributed by atoms with Crippen molar-refractivity contribution in [1.29, 1.82) is 0 Å². The fourth-order valence-corrected chi connectivity index (χ4v) is 2.01. The first kappa shape index (κ1) is 4.28. The molecule has 3 fully saturated rings. The third-order valence-electron chi connectivity index (χ3n) is 2.53. The Morgan fingerprint density at radius 2 is 2.44 bits per heavy atom. The van der Waals surface area contributed by atoms with Crippen LogP contribution >= 0.6 is 0 Å². The van der Waals surface area contributed by atoms with Crippen molar-refractivity contribution in [3.8, 4) is 0 Å². The molecule has 0 unspecified atom stereocenters. The number of hydrogen-bond acceptors (Lipinski definition) is 2. The van der Waals surface area contributed by atoms with Gasteiger partial charge in [0.2, 0.25) is 5.91 Å². The molecule has 1 amide bonds. The minimum absolute atomic E-state index is 0.207. The fraction of sp³-hybridized carbons (Fsp3) is 0.833. The molecule has 4 atom stereocenters. The van der Waals surface area contributed by atoms with Gasteiger partial charge >= 0.3 is 0 Å². The highest BCUT2D eigenvalue weighted by Crippen LogP contribution is 2.46. The van der Waals surface area contributed by atoms with Gasteiger partial charge in [-0.05, 0) is 6.42 Å². The van der Waals surface area contributed by atoms with E-state index in [9.17, 15) is 4.79 Å². The van der Waals surface area contributed by atoms with Crippen molar-refractivity contribution in [1.82, 2.24) is 5.32 Å². The molecule has 1 aliphatic carbocycles. The molecule has 3 aliphatic rings. The van der Waals surface area contributed by atoms with Gasteiger partial charge in [-0.3, -0.25) is 4.79 Å². The van der Waals surface area contributed by atoms with Crippen LogP contribution in [0, 0.1) is 5.92 Å². The lowest BCUT2D eigenvalue weighted by atomic mass is 10.1. The molecule has 2 bridgehead atoms. The van der Waals surface area contributed by atoms with E-state index >= 15 is 0 Å². The third-order valence-corrected chi connectivity index (χ3v) is 2.53. The molecule has 3 rings (SSSR count). The zero-order valence-corrected chi connectivity index (χ0v) is 4.83. The second-order valence-electron chi connectivity index (χ2n) is 3.02. The molecule has 2 saturated heterocycles. The quantitative estimate of drug-likeness (QED) is 0.434. The number of fused-ring (bicyclic) bond motifs is 5. The zero-order chi connectivity index (χ0) is 6.01. The second kappa shape index (κ2) is 1.01. The van der Waals surface area contributed by atoms with Gasteiger partial charge in [-0.25, -0.2) is 0 Å². The Bertz CT molecular complexity index is 191. The van der Waals surface area contributed by atoms with Crippen LogP contribution in [0.5, 0.6) is 0 Å². The molecule has 1 N–H and O–H groups in total. The highest BCUT2D eigenvalue weighted by Gasteiger charge is 2.63. The standard InChI is InChI=1S/C6H7NO2/c8-6-2-1-3(7-6)5-4(2)9-5/h2-5H,1H2,(H,7,8)/t2-,3+,4+,5-/m1/s1. The van der Waals surface area contributed by atoms with Crippen LogP contribution in [0.1, 0.15) is 6.42 Å². The van der Waals surface area contributed by atoms with Gasteiger partial charge in [-0.15, -0.1) is 0 Å². The van der Waals surface area contributed by atoms with Crippen molar-refractivity contribution in [3.63, 3.8) is 0 Å². The molecular formula is C6H7NO2. The molecular weight excluding hydrogens is 118 g/mol. The highest BCUT2D eigenvalue weighted by atomic mass is 16.6. The predicted molar refractivity (Wildman–Crippen MR) is 28.7 cm³/mol. The van der Waals surface area contributed by atoms with Gasteiger partial charge in [0, 0.05) is 0 Å². The normalized spacial score (nSPS) is 59.3. The molecule has 2 heterocycles. The summed E-state index contributed by atoms with van der Waals surface area (Å²) in [5.41, 5.74) is 0. The van der Waals surface area contributed by atoms with E-state index in [4.69, 9.17) is 4.74 Å². The van der Waals surface area contributed by atoms with Crippen molar-refractivity contribution in [2.75, 3.05) is 0 Å². The van der Waals surface area contributed by atoms with Crippen molar-refractivity contribution in [3.05, 3.63) is 0 Å². The first-order valence-electron chi connectivity index (χ1n) is 3.32.